The van der Waals surface area contributed by atoms with E-state index in [0.29, 0.717) is 5.84 Å². The molecular formula is C13H16N2O. The standard InChI is InChI=1S/C13H16N2O/c1-13(2,3)10-6-4-9(5-7-10)12-14-8-11(16)15-12/h4-7H,8H2,1-3H3,(H,14,15,16). The van der Waals surface area contributed by atoms with Crippen molar-refractivity contribution in [3.63, 3.8) is 0 Å². The first-order valence-electron chi connectivity index (χ1n) is 5.42. The summed E-state index contributed by atoms with van der Waals surface area (Å²) in [6.45, 7) is 6.78. The Morgan fingerprint density at radius 3 is 2.25 bits per heavy atom. The molecule has 0 unspecified atom stereocenters. The van der Waals surface area contributed by atoms with Crippen LogP contribution in [0.2, 0.25) is 0 Å². The van der Waals surface area contributed by atoms with Gasteiger partial charge in [-0.15, -0.1) is 0 Å². The van der Waals surface area contributed by atoms with E-state index in [9.17, 15) is 4.79 Å². The number of carbonyl (C=O) groups excluding carboxylic acids is 1. The Kier molecular flexibility index (Phi) is 2.54. The second kappa shape index (κ2) is 3.74. The largest absolute Gasteiger partial charge is 0.309 e. The van der Waals surface area contributed by atoms with E-state index in [0.717, 1.165) is 5.56 Å². The average Bonchev–Trinajstić information content (AvgIpc) is 2.64. The lowest BCUT2D eigenvalue weighted by molar-refractivity contribution is -0.117. The van der Waals surface area contributed by atoms with Crippen molar-refractivity contribution in [1.82, 2.24) is 5.32 Å². The van der Waals surface area contributed by atoms with Crippen molar-refractivity contribution in [3.8, 4) is 0 Å². The number of nitrogens with one attached hydrogen (secondary N) is 1. The fraction of sp³-hybridized carbons (Fsp3) is 0.385. The number of amides is 1. The molecule has 1 aromatic carbocycles. The molecule has 16 heavy (non-hydrogen) atoms. The Hall–Kier alpha value is -1.64. The summed E-state index contributed by atoms with van der Waals surface area (Å²) in [7, 11) is 0. The molecule has 0 spiro atoms. The van der Waals surface area contributed by atoms with Gasteiger partial charge in [-0.25, -0.2) is 0 Å². The van der Waals surface area contributed by atoms with Crippen molar-refractivity contribution >= 4 is 11.7 Å². The van der Waals surface area contributed by atoms with Crippen LogP contribution in [0.5, 0.6) is 0 Å². The van der Waals surface area contributed by atoms with Gasteiger partial charge in [-0.1, -0.05) is 45.0 Å². The number of amidine groups is 1. The van der Waals surface area contributed by atoms with Gasteiger partial charge >= 0.3 is 0 Å². The van der Waals surface area contributed by atoms with Crippen molar-refractivity contribution in [2.24, 2.45) is 4.99 Å². The van der Waals surface area contributed by atoms with E-state index in [4.69, 9.17) is 0 Å². The maximum Gasteiger partial charge on any atom is 0.247 e. The van der Waals surface area contributed by atoms with Crippen LogP contribution in [-0.2, 0) is 10.2 Å². The normalized spacial score (nSPS) is 15.9. The Morgan fingerprint density at radius 1 is 1.19 bits per heavy atom. The van der Waals surface area contributed by atoms with Crippen LogP contribution < -0.4 is 5.32 Å². The molecule has 1 N–H and O–H groups in total. The van der Waals surface area contributed by atoms with E-state index < -0.39 is 0 Å². The first kappa shape index (κ1) is 10.9. The zero-order valence-electron chi connectivity index (χ0n) is 9.87. The van der Waals surface area contributed by atoms with E-state index in [2.05, 4.69) is 43.2 Å². The topological polar surface area (TPSA) is 41.5 Å². The fourth-order valence-electron chi connectivity index (χ4n) is 1.65. The lowest BCUT2D eigenvalue weighted by Crippen LogP contribution is -2.25. The Balaban J connectivity index is 2.23. The molecule has 1 amide bonds. The van der Waals surface area contributed by atoms with E-state index in [1.54, 1.807) is 0 Å². The minimum atomic E-state index is -0.0325. The first-order valence-corrected chi connectivity index (χ1v) is 5.42. The molecule has 1 heterocycles. The molecule has 1 aliphatic heterocycles. The van der Waals surface area contributed by atoms with Gasteiger partial charge < -0.3 is 5.32 Å². The highest BCUT2D eigenvalue weighted by Gasteiger charge is 2.17. The summed E-state index contributed by atoms with van der Waals surface area (Å²) in [6, 6.07) is 8.18. The van der Waals surface area contributed by atoms with Crippen molar-refractivity contribution in [2.75, 3.05) is 6.54 Å². The van der Waals surface area contributed by atoms with Crippen molar-refractivity contribution in [2.45, 2.75) is 26.2 Å². The highest BCUT2D eigenvalue weighted by Crippen LogP contribution is 2.22. The highest BCUT2D eigenvalue weighted by atomic mass is 16.2. The molecule has 84 valence electrons. The minimum absolute atomic E-state index is 0.0325. The maximum absolute atomic E-state index is 11.0. The fourth-order valence-corrected chi connectivity index (χ4v) is 1.65. The second-order valence-electron chi connectivity index (χ2n) is 5.04. The molecule has 3 nitrogen and oxygen atoms in total. The number of rotatable bonds is 1. The molecule has 0 atom stereocenters. The molecule has 0 radical (unpaired) electrons. The summed E-state index contributed by atoms with van der Waals surface area (Å²) in [6.07, 6.45) is 0. The van der Waals surface area contributed by atoms with Crippen molar-refractivity contribution < 1.29 is 4.79 Å². The third kappa shape index (κ3) is 2.13. The summed E-state index contributed by atoms with van der Waals surface area (Å²) in [4.78, 5) is 15.2. The van der Waals surface area contributed by atoms with Crippen LogP contribution in [-0.4, -0.2) is 18.3 Å². The highest BCUT2D eigenvalue weighted by molar-refractivity contribution is 6.12. The molecule has 1 aliphatic rings. The van der Waals surface area contributed by atoms with E-state index in [-0.39, 0.29) is 17.9 Å². The Labute approximate surface area is 95.6 Å². The van der Waals surface area contributed by atoms with Crippen molar-refractivity contribution in [1.29, 1.82) is 0 Å². The van der Waals surface area contributed by atoms with E-state index >= 15 is 0 Å². The molecule has 0 saturated heterocycles. The number of carbonyl (C=O) groups is 1. The maximum atomic E-state index is 11.0. The predicted octanol–water partition coefficient (Wildman–Crippen LogP) is 1.86. The van der Waals surface area contributed by atoms with Gasteiger partial charge in [0.15, 0.2) is 0 Å². The van der Waals surface area contributed by atoms with Gasteiger partial charge in [-0.3, -0.25) is 9.79 Å². The van der Waals surface area contributed by atoms with Crippen LogP contribution in [0.25, 0.3) is 0 Å². The molecule has 0 bridgehead atoms. The van der Waals surface area contributed by atoms with Gasteiger partial charge in [0.25, 0.3) is 0 Å². The van der Waals surface area contributed by atoms with E-state index in [1.807, 2.05) is 12.1 Å². The molecular weight excluding hydrogens is 200 g/mol. The van der Waals surface area contributed by atoms with Crippen molar-refractivity contribution in [3.05, 3.63) is 35.4 Å². The number of aliphatic imine (C=N–C) groups is 1. The minimum Gasteiger partial charge on any atom is -0.309 e. The number of hydrogen-bond acceptors (Lipinski definition) is 2. The molecule has 0 fully saturated rings. The van der Waals surface area contributed by atoms with Gasteiger partial charge in [-0.05, 0) is 11.0 Å². The molecule has 0 saturated carbocycles. The zero-order valence-corrected chi connectivity index (χ0v) is 9.87. The quantitative estimate of drug-likeness (QED) is 0.765. The van der Waals surface area contributed by atoms with E-state index in [1.165, 1.54) is 5.56 Å². The summed E-state index contributed by atoms with van der Waals surface area (Å²) in [5, 5.41) is 2.74. The van der Waals surface area contributed by atoms with Crippen LogP contribution >= 0.6 is 0 Å². The zero-order chi connectivity index (χ0) is 11.8. The lowest BCUT2D eigenvalue weighted by Gasteiger charge is -2.19. The van der Waals surface area contributed by atoms with Gasteiger partial charge in [0, 0.05) is 5.56 Å². The van der Waals surface area contributed by atoms with Crippen LogP contribution in [0.1, 0.15) is 31.9 Å². The molecule has 2 rings (SSSR count). The van der Waals surface area contributed by atoms with Crippen LogP contribution in [0, 0.1) is 0 Å². The summed E-state index contributed by atoms with van der Waals surface area (Å²) < 4.78 is 0. The molecule has 0 aliphatic carbocycles. The lowest BCUT2D eigenvalue weighted by atomic mass is 9.86. The van der Waals surface area contributed by atoms with Crippen LogP contribution in [0.3, 0.4) is 0 Å². The third-order valence-corrected chi connectivity index (χ3v) is 2.66. The first-order chi connectivity index (χ1) is 7.47. The molecule has 1 aromatic rings. The monoisotopic (exact) mass is 216 g/mol. The predicted molar refractivity (Wildman–Crippen MR) is 64.7 cm³/mol. The third-order valence-electron chi connectivity index (χ3n) is 2.66. The van der Waals surface area contributed by atoms with Gasteiger partial charge in [-0.2, -0.15) is 0 Å². The number of nitrogens with zero attached hydrogens (tertiary/aromatic N) is 1. The smallest absolute Gasteiger partial charge is 0.247 e. The summed E-state index contributed by atoms with van der Waals surface area (Å²) in [5.74, 6) is 0.653. The SMILES string of the molecule is CC(C)(C)c1ccc(C2=NCC(=O)N2)cc1. The van der Waals surface area contributed by atoms with Gasteiger partial charge in [0.05, 0.1) is 0 Å². The summed E-state index contributed by atoms with van der Waals surface area (Å²) in [5.41, 5.74) is 2.40. The van der Waals surface area contributed by atoms with Gasteiger partial charge in [0.1, 0.15) is 12.4 Å². The Bertz CT molecular complexity index is 438. The van der Waals surface area contributed by atoms with Gasteiger partial charge in [0.2, 0.25) is 5.91 Å². The number of hydrogen-bond donors (Lipinski definition) is 1. The summed E-state index contributed by atoms with van der Waals surface area (Å²) >= 11 is 0. The second-order valence-corrected chi connectivity index (χ2v) is 5.04. The van der Waals surface area contributed by atoms with Crippen LogP contribution in [0.15, 0.2) is 29.3 Å². The average molecular weight is 216 g/mol. The van der Waals surface area contributed by atoms with Crippen LogP contribution in [0.4, 0.5) is 0 Å². The molecule has 0 aromatic heterocycles. The Morgan fingerprint density at radius 2 is 1.81 bits per heavy atom. The number of benzene rings is 1. The molecule has 3 heteroatoms.